The van der Waals surface area contributed by atoms with Crippen molar-refractivity contribution < 1.29 is 22.0 Å². The highest BCUT2D eigenvalue weighted by atomic mass is 35.5. The molecule has 1 fully saturated rings. The summed E-state index contributed by atoms with van der Waals surface area (Å²) in [6.45, 7) is 0.0572. The van der Waals surface area contributed by atoms with Gasteiger partial charge in [0.1, 0.15) is 11.4 Å². The molecule has 0 spiro atoms. The second kappa shape index (κ2) is 7.85. The first-order valence-corrected chi connectivity index (χ1v) is 11.4. The fourth-order valence-corrected chi connectivity index (χ4v) is 5.45. The predicted octanol–water partition coefficient (Wildman–Crippen LogP) is 3.42. The van der Waals surface area contributed by atoms with E-state index in [4.69, 9.17) is 16.0 Å². The summed E-state index contributed by atoms with van der Waals surface area (Å²) in [7, 11) is -3.26. The van der Waals surface area contributed by atoms with Crippen molar-refractivity contribution in [3.63, 3.8) is 0 Å². The lowest BCUT2D eigenvalue weighted by molar-refractivity contribution is 0.0648. The first kappa shape index (κ1) is 20.6. The molecule has 6 nitrogen and oxygen atoms in total. The number of amides is 1. The molecule has 30 heavy (non-hydrogen) atoms. The van der Waals surface area contributed by atoms with E-state index in [9.17, 15) is 22.4 Å². The van der Waals surface area contributed by atoms with E-state index in [-0.39, 0.29) is 41.2 Å². The molecule has 1 aromatic heterocycles. The number of hydrogen-bond donors (Lipinski definition) is 0. The average Bonchev–Trinajstić information content (AvgIpc) is 3.07. The van der Waals surface area contributed by atoms with Crippen molar-refractivity contribution in [3.05, 3.63) is 80.9 Å². The molecular formula is C21H17ClFNO5S. The van der Waals surface area contributed by atoms with Crippen LogP contribution < -0.4 is 5.43 Å². The van der Waals surface area contributed by atoms with Crippen molar-refractivity contribution in [2.45, 2.75) is 19.0 Å². The third kappa shape index (κ3) is 4.24. The van der Waals surface area contributed by atoms with Gasteiger partial charge < -0.3 is 9.32 Å². The van der Waals surface area contributed by atoms with Crippen LogP contribution in [0.1, 0.15) is 22.5 Å². The zero-order valence-corrected chi connectivity index (χ0v) is 17.2. The highest BCUT2D eigenvalue weighted by molar-refractivity contribution is 7.91. The molecule has 1 saturated heterocycles. The van der Waals surface area contributed by atoms with E-state index >= 15 is 0 Å². The first-order valence-electron chi connectivity index (χ1n) is 9.21. The zero-order chi connectivity index (χ0) is 21.5. The molecule has 3 aromatic rings. The minimum Gasteiger partial charge on any atom is -0.451 e. The summed E-state index contributed by atoms with van der Waals surface area (Å²) in [4.78, 5) is 27.1. The SMILES string of the molecule is O=C(c1cc(=O)c2cc(Cl)ccc2o1)N(Cc1ccc(F)cc1)C1CCS(=O)(=O)C1. The number of hydrogen-bond acceptors (Lipinski definition) is 5. The smallest absolute Gasteiger partial charge is 0.290 e. The standard InChI is InChI=1S/C21H17ClFNO5S/c22-14-3-6-19-17(9-14)18(25)10-20(29-19)21(26)24(16-7-8-30(27,28)12-16)11-13-1-4-15(23)5-2-13/h1-6,9-10,16H,7-8,11-12H2. The van der Waals surface area contributed by atoms with Crippen LogP contribution in [-0.2, 0) is 16.4 Å². The summed E-state index contributed by atoms with van der Waals surface area (Å²) < 4.78 is 42.9. The Morgan fingerprint density at radius 1 is 1.17 bits per heavy atom. The Bertz CT molecular complexity index is 1290. The second-order valence-electron chi connectivity index (χ2n) is 7.23. The Morgan fingerprint density at radius 2 is 1.90 bits per heavy atom. The maximum Gasteiger partial charge on any atom is 0.290 e. The normalized spacial score (nSPS) is 17.9. The van der Waals surface area contributed by atoms with Gasteiger partial charge in [-0.25, -0.2) is 12.8 Å². The Kier molecular flexibility index (Phi) is 5.38. The van der Waals surface area contributed by atoms with Crippen LogP contribution in [0.5, 0.6) is 0 Å². The molecule has 0 bridgehead atoms. The Morgan fingerprint density at radius 3 is 2.57 bits per heavy atom. The third-order valence-corrected chi connectivity index (χ3v) is 7.06. The summed E-state index contributed by atoms with van der Waals surface area (Å²) in [6, 6.07) is 10.6. The third-order valence-electron chi connectivity index (χ3n) is 5.08. The van der Waals surface area contributed by atoms with Crippen molar-refractivity contribution >= 4 is 38.3 Å². The molecule has 156 valence electrons. The van der Waals surface area contributed by atoms with Crippen LogP contribution in [-0.4, -0.2) is 36.8 Å². The van der Waals surface area contributed by atoms with Gasteiger partial charge >= 0.3 is 0 Å². The van der Waals surface area contributed by atoms with E-state index in [1.54, 1.807) is 6.07 Å². The number of benzene rings is 2. The molecule has 1 atom stereocenters. The van der Waals surface area contributed by atoms with E-state index in [0.717, 1.165) is 6.07 Å². The van der Waals surface area contributed by atoms with Crippen LogP contribution in [0.2, 0.25) is 5.02 Å². The van der Waals surface area contributed by atoms with Gasteiger partial charge in [0.05, 0.1) is 16.9 Å². The molecule has 1 unspecified atom stereocenters. The summed E-state index contributed by atoms with van der Waals surface area (Å²) in [5, 5.41) is 0.607. The molecule has 4 rings (SSSR count). The number of carbonyl (C=O) groups is 1. The van der Waals surface area contributed by atoms with Crippen molar-refractivity contribution in [1.29, 1.82) is 0 Å². The Hall–Kier alpha value is -2.71. The fourth-order valence-electron chi connectivity index (χ4n) is 3.55. The lowest BCUT2D eigenvalue weighted by Gasteiger charge is -2.28. The quantitative estimate of drug-likeness (QED) is 0.609. The van der Waals surface area contributed by atoms with Crippen molar-refractivity contribution in [2.75, 3.05) is 11.5 Å². The molecule has 0 saturated carbocycles. The van der Waals surface area contributed by atoms with Crippen LogP contribution in [0.4, 0.5) is 4.39 Å². The maximum absolute atomic E-state index is 13.3. The van der Waals surface area contributed by atoms with Crippen LogP contribution in [0.15, 0.2) is 57.7 Å². The average molecular weight is 450 g/mol. The van der Waals surface area contributed by atoms with Crippen molar-refractivity contribution in [1.82, 2.24) is 4.90 Å². The van der Waals surface area contributed by atoms with E-state index < -0.39 is 33.0 Å². The van der Waals surface area contributed by atoms with Crippen molar-refractivity contribution in [2.24, 2.45) is 0 Å². The van der Waals surface area contributed by atoms with E-state index in [2.05, 4.69) is 0 Å². The monoisotopic (exact) mass is 449 g/mol. The van der Waals surface area contributed by atoms with Gasteiger partial charge in [-0.05, 0) is 42.3 Å². The minimum atomic E-state index is -3.26. The van der Waals surface area contributed by atoms with Gasteiger partial charge in [-0.3, -0.25) is 9.59 Å². The summed E-state index contributed by atoms with van der Waals surface area (Å²) in [6.07, 6.45) is 0.280. The summed E-state index contributed by atoms with van der Waals surface area (Å²) in [5.41, 5.74) is 0.405. The molecule has 0 N–H and O–H groups in total. The number of rotatable bonds is 4. The van der Waals surface area contributed by atoms with Gasteiger partial charge in [0, 0.05) is 23.7 Å². The van der Waals surface area contributed by atoms with Crippen LogP contribution in [0.25, 0.3) is 11.0 Å². The first-order chi connectivity index (χ1) is 14.2. The summed E-state index contributed by atoms with van der Waals surface area (Å²) in [5.74, 6) is -1.41. The van der Waals surface area contributed by atoms with Gasteiger partial charge in [0.2, 0.25) is 0 Å². The van der Waals surface area contributed by atoms with Gasteiger partial charge in [-0.2, -0.15) is 0 Å². The topological polar surface area (TPSA) is 84.7 Å². The van der Waals surface area contributed by atoms with Gasteiger partial charge in [-0.15, -0.1) is 0 Å². The molecule has 0 radical (unpaired) electrons. The highest BCUT2D eigenvalue weighted by Gasteiger charge is 2.36. The van der Waals surface area contributed by atoms with Crippen molar-refractivity contribution in [3.8, 4) is 0 Å². The predicted molar refractivity (Wildman–Crippen MR) is 111 cm³/mol. The largest absolute Gasteiger partial charge is 0.451 e. The van der Waals surface area contributed by atoms with E-state index in [1.807, 2.05) is 0 Å². The number of fused-ring (bicyclic) bond motifs is 1. The maximum atomic E-state index is 13.3. The second-order valence-corrected chi connectivity index (χ2v) is 9.90. The van der Waals surface area contributed by atoms with Crippen LogP contribution in [0.3, 0.4) is 0 Å². The number of halogens is 2. The zero-order valence-electron chi connectivity index (χ0n) is 15.7. The Balaban J connectivity index is 1.73. The van der Waals surface area contributed by atoms with Crippen LogP contribution in [0, 0.1) is 5.82 Å². The molecule has 1 amide bonds. The molecule has 1 aliphatic heterocycles. The van der Waals surface area contributed by atoms with E-state index in [0.29, 0.717) is 10.6 Å². The minimum absolute atomic E-state index is 0.0228. The number of sulfone groups is 1. The lowest BCUT2D eigenvalue weighted by atomic mass is 10.1. The van der Waals surface area contributed by atoms with Gasteiger partial charge in [0.15, 0.2) is 21.0 Å². The molecular weight excluding hydrogens is 433 g/mol. The van der Waals surface area contributed by atoms with E-state index in [1.165, 1.54) is 41.3 Å². The van der Waals surface area contributed by atoms with Crippen LogP contribution >= 0.6 is 11.6 Å². The Labute approximate surface area is 176 Å². The molecule has 2 aromatic carbocycles. The molecule has 2 heterocycles. The fraction of sp³-hybridized carbons (Fsp3) is 0.238. The lowest BCUT2D eigenvalue weighted by Crippen LogP contribution is -2.40. The highest BCUT2D eigenvalue weighted by Crippen LogP contribution is 2.24. The number of carbonyl (C=O) groups excluding carboxylic acids is 1. The molecule has 0 aliphatic carbocycles. The molecule has 9 heteroatoms. The van der Waals surface area contributed by atoms with Gasteiger partial charge in [0.25, 0.3) is 5.91 Å². The summed E-state index contributed by atoms with van der Waals surface area (Å²) >= 11 is 5.92. The number of nitrogens with zero attached hydrogens (tertiary/aromatic N) is 1. The molecule has 1 aliphatic rings. The van der Waals surface area contributed by atoms with Gasteiger partial charge in [-0.1, -0.05) is 23.7 Å².